The van der Waals surface area contributed by atoms with E-state index in [4.69, 9.17) is 16.4 Å². The van der Waals surface area contributed by atoms with Gasteiger partial charge in [-0.05, 0) is 42.8 Å². The number of hydroxylamine groups is 2. The number of halogens is 1. The van der Waals surface area contributed by atoms with E-state index in [2.05, 4.69) is 5.10 Å². The highest BCUT2D eigenvalue weighted by Crippen LogP contribution is 2.24. The number of fused-ring (bicyclic) bond motifs is 1. The Balaban J connectivity index is 1.62. The van der Waals surface area contributed by atoms with Crippen LogP contribution < -0.4 is 0 Å². The van der Waals surface area contributed by atoms with Crippen LogP contribution in [0.15, 0.2) is 54.7 Å². The summed E-state index contributed by atoms with van der Waals surface area (Å²) >= 11 is 5.92. The predicted molar refractivity (Wildman–Crippen MR) is 100 cm³/mol. The average molecular weight is 396 g/mol. The number of nitrogens with zero attached hydrogens (tertiary/aromatic N) is 3. The summed E-state index contributed by atoms with van der Waals surface area (Å²) < 4.78 is 1.59. The molecule has 0 N–H and O–H groups in total. The largest absolute Gasteiger partial charge is 0.367 e. The zero-order valence-electron chi connectivity index (χ0n) is 14.8. The number of aromatic nitrogens is 2. The van der Waals surface area contributed by atoms with Crippen molar-refractivity contribution in [3.8, 4) is 5.69 Å². The SMILES string of the molecule is CCc1c(C(=O)ON2C(=O)c3ccccc3C2=O)cnn1-c1ccc(Cl)cc1. The molecule has 2 heterocycles. The van der Waals surface area contributed by atoms with E-state index in [1.807, 2.05) is 6.92 Å². The lowest BCUT2D eigenvalue weighted by molar-refractivity contribution is -0.0585. The predicted octanol–water partition coefficient (Wildman–Crippen LogP) is 3.46. The Morgan fingerprint density at radius 1 is 1.04 bits per heavy atom. The first-order valence-electron chi connectivity index (χ1n) is 8.54. The molecule has 7 nitrogen and oxygen atoms in total. The maximum Gasteiger partial charge on any atom is 0.367 e. The highest BCUT2D eigenvalue weighted by atomic mass is 35.5. The van der Waals surface area contributed by atoms with Crippen molar-refractivity contribution >= 4 is 29.4 Å². The van der Waals surface area contributed by atoms with E-state index in [9.17, 15) is 14.4 Å². The molecular formula is C20H14ClN3O4. The Labute approximate surface area is 165 Å². The summed E-state index contributed by atoms with van der Waals surface area (Å²) in [6.45, 7) is 1.86. The molecule has 1 aliphatic rings. The van der Waals surface area contributed by atoms with Crippen molar-refractivity contribution in [2.24, 2.45) is 0 Å². The van der Waals surface area contributed by atoms with Crippen LogP contribution in [0.2, 0.25) is 5.02 Å². The second-order valence-electron chi connectivity index (χ2n) is 6.08. The first-order chi connectivity index (χ1) is 13.5. The fourth-order valence-electron chi connectivity index (χ4n) is 3.07. The molecule has 8 heteroatoms. The molecule has 0 spiro atoms. The number of benzene rings is 2. The maximum atomic E-state index is 12.7. The van der Waals surface area contributed by atoms with Crippen LogP contribution in [0.4, 0.5) is 0 Å². The standard InChI is InChI=1S/C20H14ClN3O4/c1-2-17-16(11-22-23(17)13-9-7-12(21)8-10-13)20(27)28-24-18(25)14-5-3-4-6-15(14)19(24)26/h3-11H,2H2,1H3. The summed E-state index contributed by atoms with van der Waals surface area (Å²) in [4.78, 5) is 42.6. The van der Waals surface area contributed by atoms with Gasteiger partial charge in [0.25, 0.3) is 11.8 Å². The van der Waals surface area contributed by atoms with Crippen molar-refractivity contribution in [1.82, 2.24) is 14.8 Å². The summed E-state index contributed by atoms with van der Waals surface area (Å²) in [7, 11) is 0. The molecule has 28 heavy (non-hydrogen) atoms. The number of hydrogen-bond acceptors (Lipinski definition) is 5. The Morgan fingerprint density at radius 2 is 1.64 bits per heavy atom. The molecule has 0 saturated carbocycles. The minimum absolute atomic E-state index is 0.175. The molecule has 0 atom stereocenters. The third kappa shape index (κ3) is 2.86. The van der Waals surface area contributed by atoms with Crippen LogP contribution in [0.1, 0.15) is 43.7 Å². The van der Waals surface area contributed by atoms with E-state index < -0.39 is 17.8 Å². The number of amides is 2. The van der Waals surface area contributed by atoms with Gasteiger partial charge in [-0.25, -0.2) is 9.48 Å². The van der Waals surface area contributed by atoms with Crippen LogP contribution in [-0.2, 0) is 11.3 Å². The lowest BCUT2D eigenvalue weighted by Gasteiger charge is -2.13. The minimum atomic E-state index is -0.827. The normalized spacial score (nSPS) is 13.0. The summed E-state index contributed by atoms with van der Waals surface area (Å²) in [6, 6.07) is 13.3. The molecule has 4 rings (SSSR count). The lowest BCUT2D eigenvalue weighted by Crippen LogP contribution is -2.32. The second kappa shape index (κ2) is 6.94. The Morgan fingerprint density at radius 3 is 2.21 bits per heavy atom. The van der Waals surface area contributed by atoms with Gasteiger partial charge >= 0.3 is 5.97 Å². The zero-order chi connectivity index (χ0) is 19.8. The van der Waals surface area contributed by atoms with Gasteiger partial charge in [-0.15, -0.1) is 0 Å². The monoisotopic (exact) mass is 395 g/mol. The van der Waals surface area contributed by atoms with Crippen molar-refractivity contribution in [3.63, 3.8) is 0 Å². The quantitative estimate of drug-likeness (QED) is 0.632. The number of rotatable bonds is 4. The van der Waals surface area contributed by atoms with Crippen molar-refractivity contribution in [1.29, 1.82) is 0 Å². The minimum Gasteiger partial charge on any atom is -0.324 e. The third-order valence-corrected chi connectivity index (χ3v) is 4.68. The molecule has 1 aromatic heterocycles. The molecule has 0 unspecified atom stereocenters. The number of imide groups is 1. The molecule has 140 valence electrons. The van der Waals surface area contributed by atoms with E-state index in [1.54, 1.807) is 41.1 Å². The molecule has 0 bridgehead atoms. The Hall–Kier alpha value is -3.45. The molecule has 2 aromatic carbocycles. The van der Waals surface area contributed by atoms with Crippen LogP contribution in [0.25, 0.3) is 5.69 Å². The average Bonchev–Trinajstić information content (AvgIpc) is 3.24. The second-order valence-corrected chi connectivity index (χ2v) is 6.51. The highest BCUT2D eigenvalue weighted by Gasteiger charge is 2.39. The van der Waals surface area contributed by atoms with Crippen LogP contribution in [-0.4, -0.2) is 32.6 Å². The molecule has 0 radical (unpaired) electrons. The van der Waals surface area contributed by atoms with Gasteiger partial charge in [0.1, 0.15) is 5.56 Å². The van der Waals surface area contributed by atoms with Crippen LogP contribution >= 0.6 is 11.6 Å². The van der Waals surface area contributed by atoms with Gasteiger partial charge in [0, 0.05) is 5.02 Å². The summed E-state index contributed by atoms with van der Waals surface area (Å²) in [6.07, 6.45) is 1.84. The smallest absolute Gasteiger partial charge is 0.324 e. The molecule has 3 aromatic rings. The Bertz CT molecular complexity index is 1070. The van der Waals surface area contributed by atoms with Gasteiger partial charge in [0.2, 0.25) is 0 Å². The maximum absolute atomic E-state index is 12.7. The third-order valence-electron chi connectivity index (χ3n) is 4.43. The fraction of sp³-hybridized carbons (Fsp3) is 0.100. The van der Waals surface area contributed by atoms with E-state index in [1.165, 1.54) is 18.3 Å². The van der Waals surface area contributed by atoms with Crippen LogP contribution in [0, 0.1) is 0 Å². The van der Waals surface area contributed by atoms with E-state index >= 15 is 0 Å². The lowest BCUT2D eigenvalue weighted by atomic mass is 10.1. The zero-order valence-corrected chi connectivity index (χ0v) is 15.5. The van der Waals surface area contributed by atoms with Gasteiger partial charge in [-0.2, -0.15) is 5.10 Å². The van der Waals surface area contributed by atoms with Gasteiger partial charge in [-0.3, -0.25) is 9.59 Å². The van der Waals surface area contributed by atoms with Crippen molar-refractivity contribution in [2.45, 2.75) is 13.3 Å². The van der Waals surface area contributed by atoms with Gasteiger partial charge in [-0.1, -0.05) is 35.7 Å². The summed E-state index contributed by atoms with van der Waals surface area (Å²) in [5.74, 6) is -2.17. The summed E-state index contributed by atoms with van der Waals surface area (Å²) in [5.41, 5.74) is 1.89. The summed E-state index contributed by atoms with van der Waals surface area (Å²) in [5, 5.41) is 5.32. The van der Waals surface area contributed by atoms with Crippen molar-refractivity contribution < 1.29 is 19.2 Å². The van der Waals surface area contributed by atoms with E-state index in [0.717, 1.165) is 5.69 Å². The van der Waals surface area contributed by atoms with E-state index in [0.29, 0.717) is 22.2 Å². The van der Waals surface area contributed by atoms with Crippen LogP contribution in [0.5, 0.6) is 0 Å². The first-order valence-corrected chi connectivity index (χ1v) is 8.92. The molecule has 0 saturated heterocycles. The fourth-order valence-corrected chi connectivity index (χ4v) is 3.20. The molecule has 0 aliphatic carbocycles. The molecule has 2 amide bonds. The van der Waals surface area contributed by atoms with E-state index in [-0.39, 0.29) is 16.7 Å². The van der Waals surface area contributed by atoms with Crippen molar-refractivity contribution in [2.75, 3.05) is 0 Å². The number of carbonyl (C=O) groups is 3. The molecule has 0 fully saturated rings. The highest BCUT2D eigenvalue weighted by molar-refractivity contribution is 6.30. The van der Waals surface area contributed by atoms with Gasteiger partial charge in [0.05, 0.1) is 28.7 Å². The Kier molecular flexibility index (Phi) is 4.44. The number of hydrogen-bond donors (Lipinski definition) is 0. The van der Waals surface area contributed by atoms with Crippen molar-refractivity contribution in [3.05, 3.63) is 82.1 Å². The topological polar surface area (TPSA) is 81.5 Å². The molecular weight excluding hydrogens is 382 g/mol. The number of carbonyl (C=O) groups excluding carboxylic acids is 3. The van der Waals surface area contributed by atoms with Crippen LogP contribution in [0.3, 0.4) is 0 Å². The first kappa shape index (κ1) is 17.9. The van der Waals surface area contributed by atoms with Gasteiger partial charge in [0.15, 0.2) is 0 Å². The van der Waals surface area contributed by atoms with Gasteiger partial charge < -0.3 is 4.84 Å². The molecule has 1 aliphatic heterocycles.